The SMILES string of the molecule is NS(=O)(=O)c1ccccc1-c1ccc([C@@H]2CCNC2)cc1. The summed E-state index contributed by atoms with van der Waals surface area (Å²) >= 11 is 0. The van der Waals surface area contributed by atoms with E-state index in [-0.39, 0.29) is 4.90 Å². The molecule has 0 unspecified atom stereocenters. The summed E-state index contributed by atoms with van der Waals surface area (Å²) in [5.74, 6) is 0.549. The van der Waals surface area contributed by atoms with Crippen molar-refractivity contribution in [3.63, 3.8) is 0 Å². The van der Waals surface area contributed by atoms with Gasteiger partial charge in [0.05, 0.1) is 4.90 Å². The lowest BCUT2D eigenvalue weighted by Crippen LogP contribution is -2.13. The number of hydrogen-bond acceptors (Lipinski definition) is 3. The van der Waals surface area contributed by atoms with Crippen LogP contribution in [0.3, 0.4) is 0 Å². The van der Waals surface area contributed by atoms with Crippen molar-refractivity contribution in [3.05, 3.63) is 54.1 Å². The Kier molecular flexibility index (Phi) is 3.80. The highest BCUT2D eigenvalue weighted by molar-refractivity contribution is 7.89. The molecule has 1 atom stereocenters. The van der Waals surface area contributed by atoms with Gasteiger partial charge in [-0.2, -0.15) is 0 Å². The zero-order valence-corrected chi connectivity index (χ0v) is 12.4. The largest absolute Gasteiger partial charge is 0.316 e. The van der Waals surface area contributed by atoms with Crippen molar-refractivity contribution >= 4 is 10.0 Å². The highest BCUT2D eigenvalue weighted by atomic mass is 32.2. The first kappa shape index (κ1) is 14.3. The minimum Gasteiger partial charge on any atom is -0.316 e. The van der Waals surface area contributed by atoms with Crippen LogP contribution in [0.25, 0.3) is 11.1 Å². The standard InChI is InChI=1S/C16H18N2O2S/c17-21(19,20)16-4-2-1-3-15(16)13-7-5-12(6-8-13)14-9-10-18-11-14/h1-8,14,18H,9-11H2,(H2,17,19,20)/t14-/m1/s1. The maximum atomic E-state index is 11.7. The fraction of sp³-hybridized carbons (Fsp3) is 0.250. The van der Waals surface area contributed by atoms with Crippen molar-refractivity contribution in [1.29, 1.82) is 0 Å². The number of benzene rings is 2. The van der Waals surface area contributed by atoms with Gasteiger partial charge in [0.1, 0.15) is 0 Å². The van der Waals surface area contributed by atoms with Crippen molar-refractivity contribution < 1.29 is 8.42 Å². The molecule has 0 bridgehead atoms. The van der Waals surface area contributed by atoms with Crippen molar-refractivity contribution in [1.82, 2.24) is 5.32 Å². The van der Waals surface area contributed by atoms with Crippen LogP contribution >= 0.6 is 0 Å². The molecule has 0 saturated carbocycles. The van der Waals surface area contributed by atoms with Crippen LogP contribution in [0.5, 0.6) is 0 Å². The minimum absolute atomic E-state index is 0.167. The molecule has 1 aliphatic rings. The molecule has 0 aliphatic carbocycles. The molecule has 2 aromatic rings. The molecule has 1 fully saturated rings. The van der Waals surface area contributed by atoms with Crippen molar-refractivity contribution in [3.8, 4) is 11.1 Å². The first-order valence-corrected chi connectivity index (χ1v) is 8.53. The van der Waals surface area contributed by atoms with E-state index in [9.17, 15) is 8.42 Å². The highest BCUT2D eigenvalue weighted by Crippen LogP contribution is 2.29. The van der Waals surface area contributed by atoms with E-state index < -0.39 is 10.0 Å². The van der Waals surface area contributed by atoms with Gasteiger partial charge < -0.3 is 5.32 Å². The molecule has 0 aromatic heterocycles. The maximum Gasteiger partial charge on any atom is 0.238 e. The monoisotopic (exact) mass is 302 g/mol. The van der Waals surface area contributed by atoms with E-state index in [1.807, 2.05) is 18.2 Å². The van der Waals surface area contributed by atoms with E-state index in [0.29, 0.717) is 11.5 Å². The van der Waals surface area contributed by atoms with Gasteiger partial charge >= 0.3 is 0 Å². The summed E-state index contributed by atoms with van der Waals surface area (Å²) in [5, 5.41) is 8.64. The number of nitrogens with one attached hydrogen (secondary N) is 1. The molecule has 21 heavy (non-hydrogen) atoms. The van der Waals surface area contributed by atoms with Gasteiger partial charge in [0.15, 0.2) is 0 Å². The molecule has 2 aromatic carbocycles. The van der Waals surface area contributed by atoms with Crippen LogP contribution in [0.4, 0.5) is 0 Å². The Hall–Kier alpha value is -1.69. The molecule has 1 heterocycles. The van der Waals surface area contributed by atoms with Crippen molar-refractivity contribution in [2.24, 2.45) is 5.14 Å². The predicted octanol–water partition coefficient (Wildman–Crippen LogP) is 2.08. The normalized spacial score (nSPS) is 18.8. The summed E-state index contributed by atoms with van der Waals surface area (Å²) < 4.78 is 23.3. The van der Waals surface area contributed by atoms with E-state index >= 15 is 0 Å². The van der Waals surface area contributed by atoms with Crippen LogP contribution in [0, 0.1) is 0 Å². The van der Waals surface area contributed by atoms with Gasteiger partial charge in [0, 0.05) is 12.1 Å². The average Bonchev–Trinajstić information content (AvgIpc) is 3.01. The van der Waals surface area contributed by atoms with Gasteiger partial charge in [-0.05, 0) is 36.1 Å². The van der Waals surface area contributed by atoms with Crippen molar-refractivity contribution in [2.45, 2.75) is 17.2 Å². The summed E-state index contributed by atoms with van der Waals surface area (Å²) in [6.45, 7) is 2.06. The predicted molar refractivity (Wildman–Crippen MR) is 83.5 cm³/mol. The molecule has 0 spiro atoms. The molecule has 1 aliphatic heterocycles. The molecule has 110 valence electrons. The van der Waals surface area contributed by atoms with Crippen LogP contribution in [-0.4, -0.2) is 21.5 Å². The van der Waals surface area contributed by atoms with Gasteiger partial charge in [-0.1, -0.05) is 42.5 Å². The van der Waals surface area contributed by atoms with Gasteiger partial charge in [-0.15, -0.1) is 0 Å². The molecule has 3 N–H and O–H groups in total. The third kappa shape index (κ3) is 3.00. The molecule has 4 nitrogen and oxygen atoms in total. The number of nitrogens with two attached hydrogens (primary N) is 1. The maximum absolute atomic E-state index is 11.7. The van der Waals surface area contributed by atoms with E-state index in [2.05, 4.69) is 17.4 Å². The number of sulfonamides is 1. The quantitative estimate of drug-likeness (QED) is 0.912. The molecule has 0 amide bonds. The fourth-order valence-electron chi connectivity index (χ4n) is 2.83. The van der Waals surface area contributed by atoms with Crippen LogP contribution < -0.4 is 10.5 Å². The Bertz CT molecular complexity index is 733. The Balaban J connectivity index is 1.98. The zero-order valence-electron chi connectivity index (χ0n) is 11.6. The molecule has 0 radical (unpaired) electrons. The van der Waals surface area contributed by atoms with Crippen LogP contribution in [-0.2, 0) is 10.0 Å². The highest BCUT2D eigenvalue weighted by Gasteiger charge is 2.17. The minimum atomic E-state index is -3.72. The van der Waals surface area contributed by atoms with Gasteiger partial charge in [-0.3, -0.25) is 0 Å². The lowest BCUT2D eigenvalue weighted by atomic mass is 9.96. The first-order valence-electron chi connectivity index (χ1n) is 6.98. The Morgan fingerprint density at radius 1 is 1.05 bits per heavy atom. The lowest BCUT2D eigenvalue weighted by Gasteiger charge is -2.11. The smallest absolute Gasteiger partial charge is 0.238 e. The molecule has 5 heteroatoms. The van der Waals surface area contributed by atoms with E-state index in [4.69, 9.17) is 5.14 Å². The second-order valence-corrected chi connectivity index (χ2v) is 6.88. The number of primary sulfonamides is 1. The van der Waals surface area contributed by atoms with Crippen LogP contribution in [0.1, 0.15) is 17.9 Å². The van der Waals surface area contributed by atoms with E-state index in [1.54, 1.807) is 18.2 Å². The summed E-state index contributed by atoms with van der Waals surface area (Å²) in [5.41, 5.74) is 2.81. The number of rotatable bonds is 3. The third-order valence-corrected chi connectivity index (χ3v) is 4.92. The van der Waals surface area contributed by atoms with E-state index in [0.717, 1.165) is 25.1 Å². The topological polar surface area (TPSA) is 72.2 Å². The Labute approximate surface area is 125 Å². The van der Waals surface area contributed by atoms with Crippen LogP contribution in [0.2, 0.25) is 0 Å². The second-order valence-electron chi connectivity index (χ2n) is 5.35. The van der Waals surface area contributed by atoms with Gasteiger partial charge in [0.2, 0.25) is 10.0 Å². The second kappa shape index (κ2) is 5.60. The average molecular weight is 302 g/mol. The van der Waals surface area contributed by atoms with Crippen molar-refractivity contribution in [2.75, 3.05) is 13.1 Å². The van der Waals surface area contributed by atoms with Gasteiger partial charge in [-0.25, -0.2) is 13.6 Å². The lowest BCUT2D eigenvalue weighted by molar-refractivity contribution is 0.598. The Morgan fingerprint density at radius 2 is 1.76 bits per heavy atom. The molecule has 3 rings (SSSR count). The number of hydrogen-bond donors (Lipinski definition) is 2. The van der Waals surface area contributed by atoms with Gasteiger partial charge in [0.25, 0.3) is 0 Å². The molecule has 1 saturated heterocycles. The fourth-order valence-corrected chi connectivity index (χ4v) is 3.59. The summed E-state index contributed by atoms with van der Waals surface area (Å²) in [6.07, 6.45) is 1.15. The van der Waals surface area contributed by atoms with Crippen LogP contribution in [0.15, 0.2) is 53.4 Å². The zero-order chi connectivity index (χ0) is 14.9. The van der Waals surface area contributed by atoms with E-state index in [1.165, 1.54) is 5.56 Å². The molecular formula is C16H18N2O2S. The first-order chi connectivity index (χ1) is 10.1. The summed E-state index contributed by atoms with van der Waals surface area (Å²) in [4.78, 5) is 0.167. The molecular weight excluding hydrogens is 284 g/mol. The summed E-state index contributed by atoms with van der Waals surface area (Å²) in [7, 11) is -3.72. The summed E-state index contributed by atoms with van der Waals surface area (Å²) in [6, 6.07) is 14.9. The Morgan fingerprint density at radius 3 is 2.38 bits per heavy atom. The third-order valence-electron chi connectivity index (χ3n) is 3.95.